The van der Waals surface area contributed by atoms with Gasteiger partial charge in [-0.3, -0.25) is 0 Å². The van der Waals surface area contributed by atoms with Crippen LogP contribution in [-0.2, 0) is 12.8 Å². The maximum absolute atomic E-state index is 11.1. The van der Waals surface area contributed by atoms with Crippen molar-refractivity contribution in [1.82, 2.24) is 0 Å². The van der Waals surface area contributed by atoms with Crippen molar-refractivity contribution < 1.29 is 5.11 Å². The first-order valence-corrected chi connectivity index (χ1v) is 8.86. The number of hydrogen-bond donors (Lipinski definition) is 1. The molecular weight excluding hydrogens is 306 g/mol. The van der Waals surface area contributed by atoms with Crippen LogP contribution < -0.4 is 0 Å². The molecule has 0 fully saturated rings. The van der Waals surface area contributed by atoms with Crippen LogP contribution in [0.5, 0.6) is 0 Å². The SMILES string of the molecule is CCc1cccc(CC)c1[C@@H](O)[C@H](C#N)c1ccc2ccccc2c1. The fourth-order valence-electron chi connectivity index (χ4n) is 3.56. The molecular formula is C23H23NO. The van der Waals surface area contributed by atoms with Crippen LogP contribution in [0.15, 0.2) is 60.7 Å². The first kappa shape index (κ1) is 17.2. The maximum Gasteiger partial charge on any atom is 0.101 e. The molecule has 0 saturated carbocycles. The van der Waals surface area contributed by atoms with Crippen molar-refractivity contribution in [3.05, 3.63) is 82.9 Å². The summed E-state index contributed by atoms with van der Waals surface area (Å²) in [6.07, 6.45) is 0.865. The molecule has 0 amide bonds. The molecule has 3 aromatic rings. The monoisotopic (exact) mass is 329 g/mol. The molecule has 0 spiro atoms. The van der Waals surface area contributed by atoms with E-state index in [9.17, 15) is 10.4 Å². The number of benzene rings is 3. The van der Waals surface area contributed by atoms with Crippen LogP contribution in [0.25, 0.3) is 10.8 Å². The molecule has 3 aromatic carbocycles. The molecule has 0 aliphatic heterocycles. The number of aliphatic hydroxyl groups excluding tert-OH is 1. The molecule has 1 N–H and O–H groups in total. The highest BCUT2D eigenvalue weighted by atomic mass is 16.3. The standard InChI is InChI=1S/C23H23NO/c1-3-16-10-7-11-17(4-2)22(16)23(25)21(15-24)20-13-12-18-8-5-6-9-19(18)14-20/h5-14,21,23,25H,3-4H2,1-2H3/t21-,23+/m1/s1. The van der Waals surface area contributed by atoms with Crippen molar-refractivity contribution in [2.24, 2.45) is 0 Å². The summed E-state index contributed by atoms with van der Waals surface area (Å²) < 4.78 is 0. The van der Waals surface area contributed by atoms with E-state index in [-0.39, 0.29) is 0 Å². The molecule has 0 radical (unpaired) electrons. The Morgan fingerprint density at radius 2 is 1.52 bits per heavy atom. The topological polar surface area (TPSA) is 44.0 Å². The van der Waals surface area contributed by atoms with Gasteiger partial charge in [0.05, 0.1) is 12.2 Å². The minimum Gasteiger partial charge on any atom is -0.387 e. The second-order valence-electron chi connectivity index (χ2n) is 6.36. The van der Waals surface area contributed by atoms with Crippen molar-refractivity contribution in [3.8, 4) is 6.07 Å². The first-order chi connectivity index (χ1) is 12.2. The zero-order valence-corrected chi connectivity index (χ0v) is 14.7. The Morgan fingerprint density at radius 1 is 0.880 bits per heavy atom. The van der Waals surface area contributed by atoms with Crippen LogP contribution >= 0.6 is 0 Å². The highest BCUT2D eigenvalue weighted by molar-refractivity contribution is 5.83. The van der Waals surface area contributed by atoms with Gasteiger partial charge in [0, 0.05) is 0 Å². The number of nitriles is 1. The van der Waals surface area contributed by atoms with E-state index in [1.54, 1.807) is 0 Å². The van der Waals surface area contributed by atoms with Gasteiger partial charge in [0.25, 0.3) is 0 Å². The Bertz CT molecular complexity index is 901. The molecule has 2 heteroatoms. The number of rotatable bonds is 5. The average Bonchev–Trinajstić information content (AvgIpc) is 2.67. The Morgan fingerprint density at radius 3 is 2.12 bits per heavy atom. The van der Waals surface area contributed by atoms with Crippen molar-refractivity contribution in [1.29, 1.82) is 5.26 Å². The summed E-state index contributed by atoms with van der Waals surface area (Å²) in [7, 11) is 0. The molecule has 0 heterocycles. The summed E-state index contributed by atoms with van der Waals surface area (Å²) >= 11 is 0. The zero-order chi connectivity index (χ0) is 17.8. The summed E-state index contributed by atoms with van der Waals surface area (Å²) in [6, 6.07) is 22.6. The fourth-order valence-corrected chi connectivity index (χ4v) is 3.56. The second kappa shape index (κ2) is 7.51. The summed E-state index contributed by atoms with van der Waals surface area (Å²) in [5, 5.41) is 23.1. The molecule has 126 valence electrons. The molecule has 3 rings (SSSR count). The lowest BCUT2D eigenvalue weighted by Crippen LogP contribution is -2.14. The van der Waals surface area contributed by atoms with Gasteiger partial charge < -0.3 is 5.11 Å². The van der Waals surface area contributed by atoms with E-state index >= 15 is 0 Å². The molecule has 0 saturated heterocycles. The summed E-state index contributed by atoms with van der Waals surface area (Å²) in [5.41, 5.74) is 4.02. The van der Waals surface area contributed by atoms with Crippen molar-refractivity contribution in [2.75, 3.05) is 0 Å². The first-order valence-electron chi connectivity index (χ1n) is 8.86. The van der Waals surface area contributed by atoms with Crippen LogP contribution in [-0.4, -0.2) is 5.11 Å². The van der Waals surface area contributed by atoms with E-state index < -0.39 is 12.0 Å². The third kappa shape index (κ3) is 3.29. The lowest BCUT2D eigenvalue weighted by Gasteiger charge is -2.23. The number of aliphatic hydroxyl groups is 1. The van der Waals surface area contributed by atoms with Gasteiger partial charge in [0.2, 0.25) is 0 Å². The molecule has 0 unspecified atom stereocenters. The van der Waals surface area contributed by atoms with Crippen LogP contribution in [0.4, 0.5) is 0 Å². The Kier molecular flexibility index (Phi) is 5.16. The number of aryl methyl sites for hydroxylation is 2. The Balaban J connectivity index is 2.07. The molecule has 0 aliphatic rings. The minimum absolute atomic E-state index is 0.581. The third-order valence-corrected chi connectivity index (χ3v) is 4.93. The van der Waals surface area contributed by atoms with Gasteiger partial charge in [-0.25, -0.2) is 0 Å². The highest BCUT2D eigenvalue weighted by Crippen LogP contribution is 2.36. The lowest BCUT2D eigenvalue weighted by atomic mass is 9.84. The predicted molar refractivity (Wildman–Crippen MR) is 102 cm³/mol. The van der Waals surface area contributed by atoms with Gasteiger partial charge in [-0.05, 0) is 51.9 Å². The van der Waals surface area contributed by atoms with E-state index in [4.69, 9.17) is 0 Å². The second-order valence-corrected chi connectivity index (χ2v) is 6.36. The summed E-state index contributed by atoms with van der Waals surface area (Å²) in [4.78, 5) is 0. The van der Waals surface area contributed by atoms with Gasteiger partial charge in [-0.15, -0.1) is 0 Å². The van der Waals surface area contributed by atoms with Gasteiger partial charge >= 0.3 is 0 Å². The van der Waals surface area contributed by atoms with Crippen LogP contribution in [0, 0.1) is 11.3 Å². The van der Waals surface area contributed by atoms with Gasteiger partial charge in [0.15, 0.2) is 0 Å². The minimum atomic E-state index is -0.822. The van der Waals surface area contributed by atoms with Gasteiger partial charge in [-0.1, -0.05) is 68.4 Å². The largest absolute Gasteiger partial charge is 0.387 e. The Hall–Kier alpha value is -2.63. The number of nitrogens with zero attached hydrogens (tertiary/aromatic N) is 1. The van der Waals surface area contributed by atoms with Crippen molar-refractivity contribution in [2.45, 2.75) is 38.7 Å². The highest BCUT2D eigenvalue weighted by Gasteiger charge is 2.26. The molecule has 2 nitrogen and oxygen atoms in total. The average molecular weight is 329 g/mol. The van der Waals surface area contributed by atoms with E-state index in [0.29, 0.717) is 0 Å². The summed E-state index contributed by atoms with van der Waals surface area (Å²) in [6.45, 7) is 4.17. The van der Waals surface area contributed by atoms with Crippen molar-refractivity contribution >= 4 is 10.8 Å². The van der Waals surface area contributed by atoms with Crippen LogP contribution in [0.1, 0.15) is 48.1 Å². The molecule has 25 heavy (non-hydrogen) atoms. The van der Waals surface area contributed by atoms with E-state index in [1.165, 1.54) is 0 Å². The quantitative estimate of drug-likeness (QED) is 0.690. The summed E-state index contributed by atoms with van der Waals surface area (Å²) in [5.74, 6) is -0.581. The zero-order valence-electron chi connectivity index (χ0n) is 14.7. The fraction of sp³-hybridized carbons (Fsp3) is 0.261. The molecule has 0 aromatic heterocycles. The number of fused-ring (bicyclic) bond motifs is 1. The number of hydrogen-bond acceptors (Lipinski definition) is 2. The predicted octanol–water partition coefficient (Wildman–Crippen LogP) is 5.31. The molecule has 0 bridgehead atoms. The smallest absolute Gasteiger partial charge is 0.101 e. The Labute approximate surface area is 149 Å². The van der Waals surface area contributed by atoms with Gasteiger partial charge in [-0.2, -0.15) is 5.26 Å². The van der Waals surface area contributed by atoms with Gasteiger partial charge in [0.1, 0.15) is 5.92 Å². The van der Waals surface area contributed by atoms with Crippen LogP contribution in [0.2, 0.25) is 0 Å². The molecule has 0 aliphatic carbocycles. The normalized spacial score (nSPS) is 13.4. The van der Waals surface area contributed by atoms with E-state index in [2.05, 4.69) is 26.0 Å². The van der Waals surface area contributed by atoms with Crippen LogP contribution in [0.3, 0.4) is 0 Å². The lowest BCUT2D eigenvalue weighted by molar-refractivity contribution is 0.162. The maximum atomic E-state index is 11.1. The molecule has 2 atom stereocenters. The van der Waals surface area contributed by atoms with E-state index in [0.717, 1.165) is 45.9 Å². The van der Waals surface area contributed by atoms with Crippen molar-refractivity contribution in [3.63, 3.8) is 0 Å². The third-order valence-electron chi connectivity index (χ3n) is 4.93. The van der Waals surface area contributed by atoms with E-state index in [1.807, 2.05) is 54.6 Å².